The Morgan fingerprint density at radius 2 is 2.14 bits per heavy atom. The van der Waals surface area contributed by atoms with E-state index in [1.165, 1.54) is 6.33 Å². The standard InChI is InChI=1S/C14H13Cl2N3O3/c1-2-22-14(21)12-11(18-7-19-12)13(20)17-6-8-3-4-9(15)5-10(8)16/h3-5,7H,2,6H2,1H3,(H,17,20)(H,18,19). The van der Waals surface area contributed by atoms with Gasteiger partial charge >= 0.3 is 5.97 Å². The molecule has 0 saturated carbocycles. The molecule has 116 valence electrons. The number of nitrogens with one attached hydrogen (secondary N) is 2. The number of amides is 1. The Bertz CT molecular complexity index is 700. The van der Waals surface area contributed by atoms with Gasteiger partial charge < -0.3 is 15.0 Å². The fourth-order valence-electron chi connectivity index (χ4n) is 1.75. The number of imidazole rings is 1. The number of hydrogen-bond acceptors (Lipinski definition) is 4. The number of carbonyl (C=O) groups is 2. The fourth-order valence-corrected chi connectivity index (χ4v) is 2.22. The second-order valence-corrected chi connectivity index (χ2v) is 5.11. The topological polar surface area (TPSA) is 84.1 Å². The summed E-state index contributed by atoms with van der Waals surface area (Å²) < 4.78 is 4.85. The van der Waals surface area contributed by atoms with E-state index in [4.69, 9.17) is 27.9 Å². The SMILES string of the molecule is CCOC(=O)c1[nH]cnc1C(=O)NCc1ccc(Cl)cc1Cl. The number of esters is 1. The molecule has 1 aromatic carbocycles. The summed E-state index contributed by atoms with van der Waals surface area (Å²) >= 11 is 11.8. The fraction of sp³-hybridized carbons (Fsp3) is 0.214. The molecule has 1 aromatic heterocycles. The first-order valence-corrected chi connectivity index (χ1v) is 7.21. The molecule has 0 spiro atoms. The predicted molar refractivity (Wildman–Crippen MR) is 82.2 cm³/mol. The first kappa shape index (κ1) is 16.3. The van der Waals surface area contributed by atoms with Gasteiger partial charge in [-0.25, -0.2) is 9.78 Å². The molecule has 2 aromatic rings. The van der Waals surface area contributed by atoms with E-state index in [-0.39, 0.29) is 24.5 Å². The van der Waals surface area contributed by atoms with Gasteiger partial charge in [-0.05, 0) is 24.6 Å². The van der Waals surface area contributed by atoms with E-state index < -0.39 is 11.9 Å². The lowest BCUT2D eigenvalue weighted by Crippen LogP contribution is -2.25. The molecule has 0 radical (unpaired) electrons. The van der Waals surface area contributed by atoms with Crippen LogP contribution in [0.25, 0.3) is 0 Å². The minimum absolute atomic E-state index is 0.0153. The van der Waals surface area contributed by atoms with Crippen LogP contribution in [0.2, 0.25) is 10.0 Å². The lowest BCUT2D eigenvalue weighted by Gasteiger charge is -2.07. The van der Waals surface area contributed by atoms with Crippen molar-refractivity contribution in [3.63, 3.8) is 0 Å². The summed E-state index contributed by atoms with van der Waals surface area (Å²) in [5.41, 5.74) is 0.692. The average Bonchev–Trinajstić information content (AvgIpc) is 2.96. The molecule has 1 amide bonds. The number of aromatic nitrogens is 2. The highest BCUT2D eigenvalue weighted by atomic mass is 35.5. The molecule has 0 fully saturated rings. The van der Waals surface area contributed by atoms with Gasteiger partial charge in [0.05, 0.1) is 12.9 Å². The number of ether oxygens (including phenoxy) is 1. The number of rotatable bonds is 5. The van der Waals surface area contributed by atoms with Gasteiger partial charge in [-0.2, -0.15) is 0 Å². The molecule has 0 atom stereocenters. The molecule has 2 rings (SSSR count). The smallest absolute Gasteiger partial charge is 0.357 e. The summed E-state index contributed by atoms with van der Waals surface area (Å²) in [5, 5.41) is 3.60. The minimum Gasteiger partial charge on any atom is -0.461 e. The summed E-state index contributed by atoms with van der Waals surface area (Å²) in [6.07, 6.45) is 1.26. The van der Waals surface area contributed by atoms with E-state index in [1.54, 1.807) is 25.1 Å². The number of hydrogen-bond donors (Lipinski definition) is 2. The van der Waals surface area contributed by atoms with Crippen LogP contribution in [0.4, 0.5) is 0 Å². The molecule has 0 aliphatic rings. The van der Waals surface area contributed by atoms with Gasteiger partial charge in [-0.1, -0.05) is 29.3 Å². The monoisotopic (exact) mass is 341 g/mol. The molecule has 0 aliphatic carbocycles. The van der Waals surface area contributed by atoms with Crippen LogP contribution in [0.3, 0.4) is 0 Å². The molecule has 1 heterocycles. The molecule has 22 heavy (non-hydrogen) atoms. The van der Waals surface area contributed by atoms with Crippen LogP contribution in [0.1, 0.15) is 33.5 Å². The first-order chi connectivity index (χ1) is 10.5. The van der Waals surface area contributed by atoms with Crippen molar-refractivity contribution in [1.82, 2.24) is 15.3 Å². The summed E-state index contributed by atoms with van der Waals surface area (Å²) in [5.74, 6) is -1.13. The van der Waals surface area contributed by atoms with Crippen molar-refractivity contribution in [2.45, 2.75) is 13.5 Å². The Morgan fingerprint density at radius 1 is 1.36 bits per heavy atom. The first-order valence-electron chi connectivity index (χ1n) is 6.45. The van der Waals surface area contributed by atoms with Crippen molar-refractivity contribution in [1.29, 1.82) is 0 Å². The summed E-state index contributed by atoms with van der Waals surface area (Å²) in [7, 11) is 0. The van der Waals surface area contributed by atoms with Crippen LogP contribution in [-0.2, 0) is 11.3 Å². The van der Waals surface area contributed by atoms with Crippen molar-refractivity contribution in [3.8, 4) is 0 Å². The Morgan fingerprint density at radius 3 is 2.82 bits per heavy atom. The molecule has 0 saturated heterocycles. The van der Waals surface area contributed by atoms with Gasteiger partial charge in [0, 0.05) is 16.6 Å². The number of H-pyrrole nitrogens is 1. The third-order valence-corrected chi connectivity index (χ3v) is 3.38. The molecule has 2 N–H and O–H groups in total. The van der Waals surface area contributed by atoms with E-state index in [9.17, 15) is 9.59 Å². The Labute approximate surface area is 136 Å². The maximum Gasteiger partial charge on any atom is 0.357 e. The van der Waals surface area contributed by atoms with Gasteiger partial charge in [0.15, 0.2) is 11.4 Å². The van der Waals surface area contributed by atoms with E-state index in [2.05, 4.69) is 15.3 Å². The Hall–Kier alpha value is -2.05. The van der Waals surface area contributed by atoms with Crippen LogP contribution in [0, 0.1) is 0 Å². The van der Waals surface area contributed by atoms with Gasteiger partial charge in [0.1, 0.15) is 0 Å². The maximum absolute atomic E-state index is 12.1. The number of aromatic amines is 1. The molecular formula is C14H13Cl2N3O3. The maximum atomic E-state index is 12.1. The largest absolute Gasteiger partial charge is 0.461 e. The van der Waals surface area contributed by atoms with Gasteiger partial charge in [0.25, 0.3) is 5.91 Å². The van der Waals surface area contributed by atoms with Crippen molar-refractivity contribution in [3.05, 3.63) is 51.5 Å². The zero-order valence-electron chi connectivity index (χ0n) is 11.7. The molecule has 0 unspecified atom stereocenters. The van der Waals surface area contributed by atoms with Gasteiger partial charge in [-0.3, -0.25) is 4.79 Å². The van der Waals surface area contributed by atoms with Crippen LogP contribution >= 0.6 is 23.2 Å². The van der Waals surface area contributed by atoms with Gasteiger partial charge in [-0.15, -0.1) is 0 Å². The highest BCUT2D eigenvalue weighted by molar-refractivity contribution is 6.35. The van der Waals surface area contributed by atoms with Crippen LogP contribution in [0.15, 0.2) is 24.5 Å². The molecule has 0 aliphatic heterocycles. The highest BCUT2D eigenvalue weighted by Gasteiger charge is 2.21. The van der Waals surface area contributed by atoms with Gasteiger partial charge in [0.2, 0.25) is 0 Å². The molecule has 8 heteroatoms. The Kier molecular flexibility index (Phi) is 5.41. The summed E-state index contributed by atoms with van der Waals surface area (Å²) in [6, 6.07) is 4.97. The lowest BCUT2D eigenvalue weighted by molar-refractivity contribution is 0.0516. The third-order valence-electron chi connectivity index (χ3n) is 2.79. The summed E-state index contributed by atoms with van der Waals surface area (Å²) in [4.78, 5) is 30.2. The minimum atomic E-state index is -0.630. The zero-order valence-corrected chi connectivity index (χ0v) is 13.2. The highest BCUT2D eigenvalue weighted by Crippen LogP contribution is 2.20. The number of benzene rings is 1. The second kappa shape index (κ2) is 7.29. The van der Waals surface area contributed by atoms with Crippen LogP contribution < -0.4 is 5.32 Å². The van der Waals surface area contributed by atoms with Crippen molar-refractivity contribution < 1.29 is 14.3 Å². The number of halogens is 2. The normalized spacial score (nSPS) is 10.3. The van der Waals surface area contributed by atoms with E-state index in [0.29, 0.717) is 15.6 Å². The number of carbonyl (C=O) groups excluding carboxylic acids is 2. The van der Waals surface area contributed by atoms with E-state index in [0.717, 1.165) is 0 Å². The van der Waals surface area contributed by atoms with E-state index in [1.807, 2.05) is 0 Å². The molecular weight excluding hydrogens is 329 g/mol. The third kappa shape index (κ3) is 3.78. The average molecular weight is 342 g/mol. The van der Waals surface area contributed by atoms with Crippen molar-refractivity contribution in [2.24, 2.45) is 0 Å². The lowest BCUT2D eigenvalue weighted by atomic mass is 10.2. The van der Waals surface area contributed by atoms with Crippen molar-refractivity contribution >= 4 is 35.1 Å². The quantitative estimate of drug-likeness (QED) is 0.819. The Balaban J connectivity index is 2.07. The second-order valence-electron chi connectivity index (χ2n) is 4.27. The van der Waals surface area contributed by atoms with Crippen LogP contribution in [0.5, 0.6) is 0 Å². The summed E-state index contributed by atoms with van der Waals surface area (Å²) in [6.45, 7) is 2.07. The molecule has 0 bridgehead atoms. The van der Waals surface area contributed by atoms with E-state index >= 15 is 0 Å². The predicted octanol–water partition coefficient (Wildman–Crippen LogP) is 2.82. The van der Waals surface area contributed by atoms with Crippen LogP contribution in [-0.4, -0.2) is 28.5 Å². The van der Waals surface area contributed by atoms with Crippen molar-refractivity contribution in [2.75, 3.05) is 6.61 Å². The number of nitrogens with zero attached hydrogens (tertiary/aromatic N) is 1. The molecule has 6 nitrogen and oxygen atoms in total. The zero-order chi connectivity index (χ0) is 16.1.